The summed E-state index contributed by atoms with van der Waals surface area (Å²) in [6.45, 7) is 1.91. The van der Waals surface area contributed by atoms with Crippen LogP contribution in [0, 0.1) is 6.92 Å². The van der Waals surface area contributed by atoms with Crippen molar-refractivity contribution >= 4 is 40.0 Å². The van der Waals surface area contributed by atoms with Crippen molar-refractivity contribution in [1.29, 1.82) is 0 Å². The first-order valence-corrected chi connectivity index (χ1v) is 6.77. The fraction of sp³-hybridized carbons (Fsp3) is 0.0667. The Morgan fingerprint density at radius 3 is 2.90 bits per heavy atom. The second kappa shape index (κ2) is 5.46. The molecule has 5 nitrogen and oxygen atoms in total. The van der Waals surface area contributed by atoms with Gasteiger partial charge in [-0.1, -0.05) is 17.7 Å². The molecule has 0 fully saturated rings. The Kier molecular flexibility index (Phi) is 3.50. The van der Waals surface area contributed by atoms with Gasteiger partial charge in [0, 0.05) is 16.4 Å². The third-order valence-corrected chi connectivity index (χ3v) is 3.36. The van der Waals surface area contributed by atoms with Gasteiger partial charge >= 0.3 is 6.03 Å². The third kappa shape index (κ3) is 2.98. The van der Waals surface area contributed by atoms with E-state index in [0.717, 1.165) is 16.6 Å². The largest absolute Gasteiger partial charge is 0.345 e. The van der Waals surface area contributed by atoms with Crippen molar-refractivity contribution in [3.63, 3.8) is 0 Å². The number of benzene rings is 2. The lowest BCUT2D eigenvalue weighted by molar-refractivity contribution is 0.262. The van der Waals surface area contributed by atoms with E-state index < -0.39 is 0 Å². The van der Waals surface area contributed by atoms with E-state index in [-0.39, 0.29) is 6.03 Å². The highest BCUT2D eigenvalue weighted by Gasteiger charge is 2.06. The number of H-pyrrole nitrogens is 1. The van der Waals surface area contributed by atoms with Crippen LogP contribution >= 0.6 is 11.6 Å². The minimum atomic E-state index is -0.320. The molecular formula is C15H13ClN4O. The zero-order chi connectivity index (χ0) is 14.8. The highest BCUT2D eigenvalue weighted by atomic mass is 35.5. The monoisotopic (exact) mass is 300 g/mol. The molecule has 21 heavy (non-hydrogen) atoms. The molecule has 2 aromatic carbocycles. The van der Waals surface area contributed by atoms with Gasteiger partial charge in [-0.3, -0.25) is 0 Å². The van der Waals surface area contributed by atoms with Crippen LogP contribution in [0.2, 0.25) is 5.02 Å². The van der Waals surface area contributed by atoms with Crippen LogP contribution in [0.25, 0.3) is 11.0 Å². The molecule has 0 aliphatic rings. The number of aromatic nitrogens is 2. The van der Waals surface area contributed by atoms with Gasteiger partial charge in [0.2, 0.25) is 0 Å². The molecule has 3 aromatic rings. The lowest BCUT2D eigenvalue weighted by Crippen LogP contribution is -2.19. The van der Waals surface area contributed by atoms with E-state index in [9.17, 15) is 4.79 Å². The van der Waals surface area contributed by atoms with Gasteiger partial charge < -0.3 is 15.6 Å². The van der Waals surface area contributed by atoms with Crippen LogP contribution < -0.4 is 10.6 Å². The Morgan fingerprint density at radius 2 is 2.05 bits per heavy atom. The number of nitrogens with zero attached hydrogens (tertiary/aromatic N) is 1. The summed E-state index contributed by atoms with van der Waals surface area (Å²) in [7, 11) is 0. The summed E-state index contributed by atoms with van der Waals surface area (Å²) in [5, 5.41) is 6.14. The quantitative estimate of drug-likeness (QED) is 0.665. The van der Waals surface area contributed by atoms with Gasteiger partial charge in [-0.15, -0.1) is 0 Å². The van der Waals surface area contributed by atoms with E-state index in [4.69, 9.17) is 11.6 Å². The van der Waals surface area contributed by atoms with Crippen LogP contribution in [0.15, 0.2) is 42.7 Å². The summed E-state index contributed by atoms with van der Waals surface area (Å²) in [5.41, 5.74) is 4.03. The number of aromatic amines is 1. The molecule has 0 spiro atoms. The van der Waals surface area contributed by atoms with E-state index in [1.807, 2.05) is 25.1 Å². The Morgan fingerprint density at radius 1 is 1.19 bits per heavy atom. The van der Waals surface area contributed by atoms with Gasteiger partial charge in [0.25, 0.3) is 0 Å². The molecule has 1 heterocycles. The molecule has 0 saturated heterocycles. The molecule has 0 atom stereocenters. The van der Waals surface area contributed by atoms with Crippen molar-refractivity contribution in [3.8, 4) is 0 Å². The van der Waals surface area contributed by atoms with Crippen molar-refractivity contribution in [2.24, 2.45) is 0 Å². The van der Waals surface area contributed by atoms with Gasteiger partial charge in [-0.25, -0.2) is 9.78 Å². The van der Waals surface area contributed by atoms with Crippen LogP contribution in [0.1, 0.15) is 5.56 Å². The topological polar surface area (TPSA) is 69.8 Å². The number of aryl methyl sites for hydroxylation is 1. The number of imidazole rings is 1. The summed E-state index contributed by atoms with van der Waals surface area (Å²) in [5.74, 6) is 0. The Hall–Kier alpha value is -2.53. The number of carbonyl (C=O) groups is 1. The fourth-order valence-electron chi connectivity index (χ4n) is 2.03. The van der Waals surface area contributed by atoms with Gasteiger partial charge in [-0.05, 0) is 42.8 Å². The Balaban J connectivity index is 1.75. The first-order chi connectivity index (χ1) is 10.1. The number of hydrogen-bond donors (Lipinski definition) is 3. The van der Waals surface area contributed by atoms with Crippen LogP contribution in [0.5, 0.6) is 0 Å². The molecule has 106 valence electrons. The average molecular weight is 301 g/mol. The molecular weight excluding hydrogens is 288 g/mol. The lowest BCUT2D eigenvalue weighted by Gasteiger charge is -2.10. The fourth-order valence-corrected chi connectivity index (χ4v) is 2.20. The highest BCUT2D eigenvalue weighted by Crippen LogP contribution is 2.21. The normalized spacial score (nSPS) is 10.6. The molecule has 0 radical (unpaired) electrons. The maximum absolute atomic E-state index is 12.0. The smallest absolute Gasteiger partial charge is 0.323 e. The lowest BCUT2D eigenvalue weighted by atomic mass is 10.2. The van der Waals surface area contributed by atoms with Crippen LogP contribution in [0.4, 0.5) is 16.2 Å². The first-order valence-electron chi connectivity index (χ1n) is 6.39. The van der Waals surface area contributed by atoms with Crippen molar-refractivity contribution in [2.75, 3.05) is 10.6 Å². The summed E-state index contributed by atoms with van der Waals surface area (Å²) in [6, 6.07) is 10.5. The van der Waals surface area contributed by atoms with Crippen molar-refractivity contribution in [2.45, 2.75) is 6.92 Å². The maximum atomic E-state index is 12.0. The molecule has 0 aliphatic heterocycles. The van der Waals surface area contributed by atoms with E-state index in [0.29, 0.717) is 16.4 Å². The predicted octanol–water partition coefficient (Wildman–Crippen LogP) is 4.17. The number of urea groups is 1. The van der Waals surface area contributed by atoms with Gasteiger partial charge in [0.05, 0.1) is 17.4 Å². The average Bonchev–Trinajstić information content (AvgIpc) is 2.90. The Labute approximate surface area is 126 Å². The number of hydrogen-bond acceptors (Lipinski definition) is 2. The molecule has 1 aromatic heterocycles. The van der Waals surface area contributed by atoms with Crippen molar-refractivity contribution < 1.29 is 4.79 Å². The third-order valence-electron chi connectivity index (χ3n) is 3.13. The van der Waals surface area contributed by atoms with Crippen LogP contribution in [-0.2, 0) is 0 Å². The minimum absolute atomic E-state index is 0.320. The standard InChI is InChI=1S/C15H13ClN4O/c1-9-2-3-10(16)6-13(9)20-15(21)19-11-4-5-12-14(7-11)18-8-17-12/h2-8H,1H3,(H,17,18)(H2,19,20,21). The number of halogens is 1. The first kappa shape index (κ1) is 13.5. The zero-order valence-electron chi connectivity index (χ0n) is 11.3. The SMILES string of the molecule is Cc1ccc(Cl)cc1NC(=O)Nc1ccc2nc[nH]c2c1. The van der Waals surface area contributed by atoms with E-state index in [1.54, 1.807) is 24.5 Å². The molecule has 0 unspecified atom stereocenters. The molecule has 6 heteroatoms. The number of carbonyl (C=O) groups excluding carboxylic acids is 1. The molecule has 3 N–H and O–H groups in total. The molecule has 2 amide bonds. The maximum Gasteiger partial charge on any atom is 0.323 e. The molecule has 0 saturated carbocycles. The van der Waals surface area contributed by atoms with Crippen molar-refractivity contribution in [3.05, 3.63) is 53.3 Å². The molecule has 3 rings (SSSR count). The highest BCUT2D eigenvalue weighted by molar-refractivity contribution is 6.31. The number of fused-ring (bicyclic) bond motifs is 1. The number of rotatable bonds is 2. The van der Waals surface area contributed by atoms with Gasteiger partial charge in [0.1, 0.15) is 0 Å². The molecule has 0 aliphatic carbocycles. The summed E-state index contributed by atoms with van der Waals surface area (Å²) in [4.78, 5) is 19.2. The summed E-state index contributed by atoms with van der Waals surface area (Å²) < 4.78 is 0. The number of nitrogens with one attached hydrogen (secondary N) is 3. The van der Waals surface area contributed by atoms with Gasteiger partial charge in [0.15, 0.2) is 0 Å². The number of anilines is 2. The van der Waals surface area contributed by atoms with E-state index >= 15 is 0 Å². The van der Waals surface area contributed by atoms with Crippen LogP contribution in [0.3, 0.4) is 0 Å². The van der Waals surface area contributed by atoms with Gasteiger partial charge in [-0.2, -0.15) is 0 Å². The summed E-state index contributed by atoms with van der Waals surface area (Å²) >= 11 is 5.93. The van der Waals surface area contributed by atoms with Crippen LogP contribution in [-0.4, -0.2) is 16.0 Å². The second-order valence-corrected chi connectivity index (χ2v) is 5.11. The number of amides is 2. The summed E-state index contributed by atoms with van der Waals surface area (Å²) in [6.07, 6.45) is 1.61. The predicted molar refractivity (Wildman–Crippen MR) is 84.9 cm³/mol. The zero-order valence-corrected chi connectivity index (χ0v) is 12.0. The Bertz CT molecular complexity index is 812. The van der Waals surface area contributed by atoms with Crippen molar-refractivity contribution in [1.82, 2.24) is 9.97 Å². The van der Waals surface area contributed by atoms with E-state index in [1.165, 1.54) is 0 Å². The van der Waals surface area contributed by atoms with E-state index in [2.05, 4.69) is 20.6 Å². The minimum Gasteiger partial charge on any atom is -0.345 e. The second-order valence-electron chi connectivity index (χ2n) is 4.67. The molecule has 0 bridgehead atoms.